The molecule has 0 nitrogen and oxygen atoms in total. The molecule has 0 amide bonds. The summed E-state index contributed by atoms with van der Waals surface area (Å²) in [7, 11) is 0. The van der Waals surface area contributed by atoms with E-state index in [0.29, 0.717) is 0 Å². The second-order valence-electron chi connectivity index (χ2n) is 3.18. The quantitative estimate of drug-likeness (QED) is 0.419. The average Bonchev–Trinajstić information content (AvgIpc) is 2.03. The van der Waals surface area contributed by atoms with Crippen LogP contribution in [0.15, 0.2) is 0 Å². The van der Waals surface area contributed by atoms with E-state index in [0.717, 1.165) is 12.8 Å². The Morgan fingerprint density at radius 1 is 0.571 bits per heavy atom. The van der Waals surface area contributed by atoms with Crippen molar-refractivity contribution in [2.45, 2.75) is 65.2 Å². The van der Waals surface area contributed by atoms with Crippen molar-refractivity contribution >= 4 is 0 Å². The van der Waals surface area contributed by atoms with Crippen LogP contribution in [0.2, 0.25) is 0 Å². The molecule has 0 aromatic rings. The molecule has 1 heteroatoms. The van der Waals surface area contributed by atoms with Crippen molar-refractivity contribution in [3.63, 3.8) is 0 Å². The Bertz CT molecular complexity index is 54.3. The molecule has 0 saturated heterocycles. The van der Waals surface area contributed by atoms with Crippen molar-refractivity contribution in [2.75, 3.05) is 0 Å². The van der Waals surface area contributed by atoms with E-state index in [1.165, 1.54) is 44.9 Å². The van der Waals surface area contributed by atoms with Gasteiger partial charge < -0.3 is 21.3 Å². The number of hydrogen-bond acceptors (Lipinski definition) is 0. The van der Waals surface area contributed by atoms with Crippen LogP contribution < -0.4 is 0 Å². The Labute approximate surface area is 119 Å². The topological polar surface area (TPSA) is 0 Å². The van der Waals surface area contributed by atoms with E-state index in [1.54, 1.807) is 0 Å². The van der Waals surface area contributed by atoms with Crippen LogP contribution in [-0.2, 0) is 32.7 Å². The predicted octanol–water partition coefficient (Wildman–Crippen LogP) is 5.25. The van der Waals surface area contributed by atoms with E-state index in [4.69, 9.17) is 0 Å². The van der Waals surface area contributed by atoms with Crippen molar-refractivity contribution in [3.8, 4) is 0 Å². The summed E-state index contributed by atoms with van der Waals surface area (Å²) in [5.41, 5.74) is 0. The predicted molar refractivity (Wildman–Crippen MR) is 65.4 cm³/mol. The second kappa shape index (κ2) is 23.7. The van der Waals surface area contributed by atoms with Crippen LogP contribution in [0.4, 0.5) is 0 Å². The maximum Gasteiger partial charge on any atom is 3.00 e. The van der Waals surface area contributed by atoms with Crippen molar-refractivity contribution in [2.24, 2.45) is 0 Å². The van der Waals surface area contributed by atoms with Crippen LogP contribution in [0.1, 0.15) is 65.2 Å². The largest absolute Gasteiger partial charge is 3.00 e. The van der Waals surface area contributed by atoms with Crippen LogP contribution in [0.5, 0.6) is 0 Å². The van der Waals surface area contributed by atoms with Crippen LogP contribution >= 0.6 is 0 Å². The molecule has 0 aromatic heterocycles. The van der Waals surface area contributed by atoms with Crippen molar-refractivity contribution in [3.05, 3.63) is 21.3 Å². The van der Waals surface area contributed by atoms with Crippen LogP contribution in [0.25, 0.3) is 0 Å². The molecule has 0 saturated carbocycles. The van der Waals surface area contributed by atoms with Gasteiger partial charge in [-0.3, -0.25) is 0 Å². The Hall–Kier alpha value is 1.10. The van der Waals surface area contributed by atoms with Gasteiger partial charge in [0.15, 0.2) is 0 Å². The first-order valence-electron chi connectivity index (χ1n) is 5.00. The van der Waals surface area contributed by atoms with E-state index in [-0.39, 0.29) is 47.6 Å². The van der Waals surface area contributed by atoms with Gasteiger partial charge in [-0.2, -0.15) is 12.8 Å². The monoisotopic (exact) mass is 274 g/mol. The standard InChI is InChI=1S/C11H22.CH4.CH3.Y/c1-3-5-7-9-11-10-8-6-4-2;;;/h1-11H2;1H4;1H3;/q-2;;-1;+3. The normalized spacial score (nSPS) is 8.14. The number of unbranched alkanes of at least 4 members (excludes halogenated alkanes) is 8. The Balaban J connectivity index is -0.000000167. The molecule has 0 rings (SSSR count). The molecule has 0 N–H and O–H groups in total. The van der Waals surface area contributed by atoms with E-state index < -0.39 is 0 Å². The minimum absolute atomic E-state index is 0. The molecular formula is C13H29Y. The summed E-state index contributed by atoms with van der Waals surface area (Å²) in [5.74, 6) is 0. The van der Waals surface area contributed by atoms with Gasteiger partial charge in [0.25, 0.3) is 0 Å². The first-order valence-corrected chi connectivity index (χ1v) is 5.00. The van der Waals surface area contributed by atoms with E-state index in [2.05, 4.69) is 13.8 Å². The van der Waals surface area contributed by atoms with Crippen molar-refractivity contribution in [1.82, 2.24) is 0 Å². The van der Waals surface area contributed by atoms with Gasteiger partial charge in [0.1, 0.15) is 0 Å². The molecule has 0 aromatic carbocycles. The molecule has 14 heavy (non-hydrogen) atoms. The maximum absolute atomic E-state index is 3.82. The van der Waals surface area contributed by atoms with Gasteiger partial charge in [-0.05, 0) is 0 Å². The fraction of sp³-hybridized carbons (Fsp3) is 0.769. The minimum Gasteiger partial charge on any atom is -0.358 e. The number of hydrogen-bond donors (Lipinski definition) is 0. The zero-order valence-electron chi connectivity index (χ0n) is 9.36. The summed E-state index contributed by atoms with van der Waals surface area (Å²) < 4.78 is 0. The van der Waals surface area contributed by atoms with Gasteiger partial charge in [0.2, 0.25) is 0 Å². The smallest absolute Gasteiger partial charge is 0.358 e. The summed E-state index contributed by atoms with van der Waals surface area (Å²) in [6.45, 7) is 7.65. The van der Waals surface area contributed by atoms with Gasteiger partial charge in [-0.25, -0.2) is 0 Å². The van der Waals surface area contributed by atoms with Crippen molar-refractivity contribution < 1.29 is 32.7 Å². The zero-order chi connectivity index (χ0) is 8.36. The Morgan fingerprint density at radius 2 is 0.786 bits per heavy atom. The van der Waals surface area contributed by atoms with Gasteiger partial charge in [-0.15, -0.1) is 0 Å². The summed E-state index contributed by atoms with van der Waals surface area (Å²) in [6.07, 6.45) is 11.9. The Kier molecular flexibility index (Phi) is 41.3. The zero-order valence-corrected chi connectivity index (χ0v) is 12.2. The SMILES string of the molecule is C.[CH2-]CCCCCCCCC[CH2-].[CH3-].[Y+3]. The molecule has 0 aliphatic rings. The molecule has 0 spiro atoms. The summed E-state index contributed by atoms with van der Waals surface area (Å²) in [5, 5.41) is 0. The second-order valence-corrected chi connectivity index (χ2v) is 3.18. The third-order valence-corrected chi connectivity index (χ3v) is 2.00. The summed E-state index contributed by atoms with van der Waals surface area (Å²) >= 11 is 0. The van der Waals surface area contributed by atoms with Crippen LogP contribution in [0, 0.1) is 21.3 Å². The molecule has 0 radical (unpaired) electrons. The van der Waals surface area contributed by atoms with E-state index in [1.807, 2.05) is 0 Å². The van der Waals surface area contributed by atoms with Gasteiger partial charge >= 0.3 is 32.7 Å². The third-order valence-electron chi connectivity index (χ3n) is 2.00. The first kappa shape index (κ1) is 24.4. The fourth-order valence-corrected chi connectivity index (χ4v) is 1.24. The summed E-state index contributed by atoms with van der Waals surface area (Å²) in [4.78, 5) is 0. The number of rotatable bonds is 8. The van der Waals surface area contributed by atoms with Crippen LogP contribution in [-0.4, -0.2) is 0 Å². The average molecular weight is 274 g/mol. The van der Waals surface area contributed by atoms with E-state index in [9.17, 15) is 0 Å². The molecule has 0 bridgehead atoms. The third kappa shape index (κ3) is 23.2. The minimum atomic E-state index is 0. The van der Waals surface area contributed by atoms with Crippen LogP contribution in [0.3, 0.4) is 0 Å². The molecule has 0 unspecified atom stereocenters. The fourth-order valence-electron chi connectivity index (χ4n) is 1.24. The van der Waals surface area contributed by atoms with Gasteiger partial charge in [0, 0.05) is 0 Å². The van der Waals surface area contributed by atoms with Gasteiger partial charge in [0.05, 0.1) is 0 Å². The Morgan fingerprint density at radius 3 is 1.00 bits per heavy atom. The molecule has 84 valence electrons. The molecule has 0 fully saturated rings. The van der Waals surface area contributed by atoms with Gasteiger partial charge in [-0.1, -0.05) is 52.4 Å². The summed E-state index contributed by atoms with van der Waals surface area (Å²) in [6, 6.07) is 0. The van der Waals surface area contributed by atoms with Crippen molar-refractivity contribution in [1.29, 1.82) is 0 Å². The molecule has 0 atom stereocenters. The first-order chi connectivity index (χ1) is 5.41. The molecule has 0 aliphatic carbocycles. The maximum atomic E-state index is 3.82. The van der Waals surface area contributed by atoms with E-state index >= 15 is 0 Å². The molecular weight excluding hydrogens is 245 g/mol. The molecule has 0 aliphatic heterocycles. The molecule has 0 heterocycles.